The molecule has 0 saturated heterocycles. The number of halogens is 1. The Morgan fingerprint density at radius 2 is 1.78 bits per heavy atom. The van der Waals surface area contributed by atoms with Crippen LogP contribution in [-0.2, 0) is 4.74 Å². The maximum atomic E-state index is 13.6. The maximum Gasteiger partial charge on any atom is 0.341 e. The summed E-state index contributed by atoms with van der Waals surface area (Å²) >= 11 is 0. The van der Waals surface area contributed by atoms with Gasteiger partial charge in [-0.25, -0.2) is 9.18 Å². The van der Waals surface area contributed by atoms with Crippen LogP contribution in [0.2, 0.25) is 0 Å². The Morgan fingerprint density at radius 3 is 2.52 bits per heavy atom. The molecule has 0 unspecified atom stereocenters. The van der Waals surface area contributed by atoms with Crippen LogP contribution >= 0.6 is 0 Å². The molecule has 0 fully saturated rings. The molecule has 0 radical (unpaired) electrons. The molecule has 3 rings (SSSR count). The summed E-state index contributed by atoms with van der Waals surface area (Å²) in [5.41, 5.74) is 0.626. The molecule has 3 aromatic rings. The minimum Gasteiger partial charge on any atom is -0.449 e. The van der Waals surface area contributed by atoms with Crippen molar-refractivity contribution in [1.29, 1.82) is 0 Å². The van der Waals surface area contributed by atoms with E-state index >= 15 is 0 Å². The van der Waals surface area contributed by atoms with Crippen LogP contribution in [0.5, 0.6) is 0 Å². The van der Waals surface area contributed by atoms with Gasteiger partial charge in [0.25, 0.3) is 5.89 Å². The van der Waals surface area contributed by atoms with Gasteiger partial charge in [-0.15, -0.1) is 10.2 Å². The zero-order valence-electron chi connectivity index (χ0n) is 12.3. The lowest BCUT2D eigenvalue weighted by Gasteiger charge is -2.09. The molecule has 0 spiro atoms. The Labute approximate surface area is 131 Å². The number of rotatable bonds is 4. The molecular formula is C17H13FN2O3. The number of benzene rings is 2. The monoisotopic (exact) mass is 312 g/mol. The standard InChI is InChI=1S/C17H13FN2O3/c1-11(22-17(21)13-9-5-6-10-14(13)18)15-19-20-16(23-15)12-7-3-2-4-8-12/h2-11H,1H3/t11-/m1/s1. The van der Waals surface area contributed by atoms with E-state index in [1.54, 1.807) is 13.0 Å². The Kier molecular flexibility index (Phi) is 4.14. The van der Waals surface area contributed by atoms with Crippen LogP contribution in [0.1, 0.15) is 29.3 Å². The van der Waals surface area contributed by atoms with E-state index in [1.807, 2.05) is 30.3 Å². The second-order valence-corrected chi connectivity index (χ2v) is 4.84. The molecule has 1 heterocycles. The zero-order valence-corrected chi connectivity index (χ0v) is 12.3. The van der Waals surface area contributed by atoms with Gasteiger partial charge in [0.15, 0.2) is 6.10 Å². The average Bonchev–Trinajstić information content (AvgIpc) is 3.06. The highest BCUT2D eigenvalue weighted by atomic mass is 19.1. The summed E-state index contributed by atoms with van der Waals surface area (Å²) in [7, 11) is 0. The highest BCUT2D eigenvalue weighted by Crippen LogP contribution is 2.23. The van der Waals surface area contributed by atoms with Crippen molar-refractivity contribution in [2.75, 3.05) is 0 Å². The second-order valence-electron chi connectivity index (χ2n) is 4.84. The van der Waals surface area contributed by atoms with Crippen LogP contribution in [0, 0.1) is 5.82 Å². The highest BCUT2D eigenvalue weighted by molar-refractivity contribution is 5.89. The minimum absolute atomic E-state index is 0.137. The lowest BCUT2D eigenvalue weighted by molar-refractivity contribution is 0.0274. The fourth-order valence-electron chi connectivity index (χ4n) is 2.00. The molecule has 6 heteroatoms. The Morgan fingerprint density at radius 1 is 1.09 bits per heavy atom. The third kappa shape index (κ3) is 3.26. The molecule has 0 N–H and O–H groups in total. The van der Waals surface area contributed by atoms with Crippen LogP contribution in [0.3, 0.4) is 0 Å². The summed E-state index contributed by atoms with van der Waals surface area (Å²) in [5, 5.41) is 7.80. The molecule has 116 valence electrons. The van der Waals surface area contributed by atoms with Crippen LogP contribution in [0.15, 0.2) is 59.0 Å². The van der Waals surface area contributed by atoms with E-state index in [-0.39, 0.29) is 11.5 Å². The molecule has 0 saturated carbocycles. The molecule has 0 bridgehead atoms. The van der Waals surface area contributed by atoms with Crippen LogP contribution in [0.4, 0.5) is 4.39 Å². The van der Waals surface area contributed by atoms with E-state index in [0.717, 1.165) is 5.56 Å². The first kappa shape index (κ1) is 14.9. The van der Waals surface area contributed by atoms with Crippen molar-refractivity contribution in [2.24, 2.45) is 0 Å². The van der Waals surface area contributed by atoms with Crippen molar-refractivity contribution in [3.05, 3.63) is 71.9 Å². The molecule has 0 aliphatic carbocycles. The predicted molar refractivity (Wildman–Crippen MR) is 80.0 cm³/mol. The Balaban J connectivity index is 1.74. The number of nitrogens with zero attached hydrogens (tertiary/aromatic N) is 2. The smallest absolute Gasteiger partial charge is 0.341 e. The van der Waals surface area contributed by atoms with Gasteiger partial charge in [0.2, 0.25) is 5.89 Å². The summed E-state index contributed by atoms with van der Waals surface area (Å²) in [6.45, 7) is 1.58. The van der Waals surface area contributed by atoms with Gasteiger partial charge in [-0.05, 0) is 31.2 Å². The van der Waals surface area contributed by atoms with E-state index in [9.17, 15) is 9.18 Å². The van der Waals surface area contributed by atoms with Crippen molar-refractivity contribution in [1.82, 2.24) is 10.2 Å². The van der Waals surface area contributed by atoms with Gasteiger partial charge >= 0.3 is 5.97 Å². The first-order valence-corrected chi connectivity index (χ1v) is 6.99. The van der Waals surface area contributed by atoms with Crippen molar-refractivity contribution < 1.29 is 18.3 Å². The first-order valence-electron chi connectivity index (χ1n) is 6.99. The van der Waals surface area contributed by atoms with E-state index in [2.05, 4.69) is 10.2 Å². The van der Waals surface area contributed by atoms with Gasteiger partial charge < -0.3 is 9.15 Å². The molecular weight excluding hydrogens is 299 g/mol. The molecule has 0 aliphatic rings. The molecule has 1 atom stereocenters. The summed E-state index contributed by atoms with van der Waals surface area (Å²) in [5.74, 6) is -0.946. The fourth-order valence-corrected chi connectivity index (χ4v) is 2.00. The first-order chi connectivity index (χ1) is 11.1. The number of carbonyl (C=O) groups is 1. The van der Waals surface area contributed by atoms with Crippen molar-refractivity contribution in [3.63, 3.8) is 0 Å². The lowest BCUT2D eigenvalue weighted by atomic mass is 10.2. The van der Waals surface area contributed by atoms with E-state index < -0.39 is 17.9 Å². The topological polar surface area (TPSA) is 65.2 Å². The number of carbonyl (C=O) groups excluding carboxylic acids is 1. The zero-order chi connectivity index (χ0) is 16.2. The van der Waals surface area contributed by atoms with Crippen LogP contribution in [0.25, 0.3) is 11.5 Å². The molecule has 0 amide bonds. The van der Waals surface area contributed by atoms with Crippen LogP contribution in [-0.4, -0.2) is 16.2 Å². The number of esters is 1. The normalized spacial score (nSPS) is 11.9. The molecule has 2 aromatic carbocycles. The van der Waals surface area contributed by atoms with Gasteiger partial charge in [-0.3, -0.25) is 0 Å². The van der Waals surface area contributed by atoms with E-state index in [0.29, 0.717) is 5.89 Å². The molecule has 5 nitrogen and oxygen atoms in total. The minimum atomic E-state index is -0.785. The highest BCUT2D eigenvalue weighted by Gasteiger charge is 2.21. The average molecular weight is 312 g/mol. The second kappa shape index (κ2) is 6.39. The molecule has 23 heavy (non-hydrogen) atoms. The van der Waals surface area contributed by atoms with Crippen molar-refractivity contribution in [2.45, 2.75) is 13.0 Å². The lowest BCUT2D eigenvalue weighted by Crippen LogP contribution is -2.11. The summed E-state index contributed by atoms with van der Waals surface area (Å²) < 4.78 is 24.2. The van der Waals surface area contributed by atoms with Crippen molar-refractivity contribution >= 4 is 5.97 Å². The Hall–Kier alpha value is -3.02. The largest absolute Gasteiger partial charge is 0.449 e. The predicted octanol–water partition coefficient (Wildman–Crippen LogP) is 3.79. The van der Waals surface area contributed by atoms with Gasteiger partial charge in [0, 0.05) is 5.56 Å². The summed E-state index contributed by atoms with van der Waals surface area (Å²) in [4.78, 5) is 12.0. The fraction of sp³-hybridized carbons (Fsp3) is 0.118. The number of aromatic nitrogens is 2. The van der Waals surface area contributed by atoms with Gasteiger partial charge in [0.05, 0.1) is 5.56 Å². The summed E-state index contributed by atoms with van der Waals surface area (Å²) in [6.07, 6.45) is -0.785. The van der Waals surface area contributed by atoms with E-state index in [1.165, 1.54) is 18.2 Å². The number of hydrogen-bond donors (Lipinski definition) is 0. The maximum absolute atomic E-state index is 13.6. The Bertz CT molecular complexity index is 817. The van der Waals surface area contributed by atoms with Gasteiger partial charge in [-0.1, -0.05) is 30.3 Å². The third-order valence-corrected chi connectivity index (χ3v) is 3.19. The van der Waals surface area contributed by atoms with E-state index in [4.69, 9.17) is 9.15 Å². The SMILES string of the molecule is C[C@@H](OC(=O)c1ccccc1F)c1nnc(-c2ccccc2)o1. The third-order valence-electron chi connectivity index (χ3n) is 3.19. The quantitative estimate of drug-likeness (QED) is 0.686. The summed E-state index contributed by atoms with van der Waals surface area (Å²) in [6, 6.07) is 14.8. The van der Waals surface area contributed by atoms with Crippen molar-refractivity contribution in [3.8, 4) is 11.5 Å². The van der Waals surface area contributed by atoms with Gasteiger partial charge in [-0.2, -0.15) is 0 Å². The molecule has 1 aromatic heterocycles. The van der Waals surface area contributed by atoms with Gasteiger partial charge in [0.1, 0.15) is 5.82 Å². The number of hydrogen-bond acceptors (Lipinski definition) is 5. The van der Waals surface area contributed by atoms with Crippen LogP contribution < -0.4 is 0 Å². The molecule has 0 aliphatic heterocycles. The number of ether oxygens (including phenoxy) is 1.